The summed E-state index contributed by atoms with van der Waals surface area (Å²) in [5, 5.41) is 0. The molecule has 6 heteroatoms. The van der Waals surface area contributed by atoms with Gasteiger partial charge in [0, 0.05) is 18.5 Å². The molecule has 1 unspecified atom stereocenters. The van der Waals surface area contributed by atoms with Crippen LogP contribution in [0, 0.1) is 0 Å². The highest BCUT2D eigenvalue weighted by Gasteiger charge is 2.29. The van der Waals surface area contributed by atoms with Crippen molar-refractivity contribution < 1.29 is 13.2 Å². The molecule has 128 valence electrons. The maximum absolute atomic E-state index is 12.5. The molecule has 5 nitrogen and oxygen atoms in total. The van der Waals surface area contributed by atoms with E-state index in [-0.39, 0.29) is 23.5 Å². The lowest BCUT2D eigenvalue weighted by molar-refractivity contribution is -0.119. The number of benzene rings is 1. The van der Waals surface area contributed by atoms with Crippen LogP contribution in [0.4, 0.5) is 5.69 Å². The highest BCUT2D eigenvalue weighted by Crippen LogP contribution is 2.33. The summed E-state index contributed by atoms with van der Waals surface area (Å²) in [6, 6.07) is 5.40. The molecule has 2 N–H and O–H groups in total. The predicted molar refractivity (Wildman–Crippen MR) is 93.5 cm³/mol. The van der Waals surface area contributed by atoms with Gasteiger partial charge in [-0.2, -0.15) is 0 Å². The second-order valence-electron chi connectivity index (χ2n) is 7.36. The summed E-state index contributed by atoms with van der Waals surface area (Å²) < 4.78 is 22.5. The molecule has 0 bridgehead atoms. The molecule has 0 aromatic heterocycles. The molecule has 1 aromatic carbocycles. The van der Waals surface area contributed by atoms with Crippen molar-refractivity contribution in [2.75, 3.05) is 23.5 Å². The quantitative estimate of drug-likeness (QED) is 0.905. The first-order chi connectivity index (χ1) is 10.5. The number of rotatable bonds is 4. The van der Waals surface area contributed by atoms with Crippen molar-refractivity contribution in [3.05, 3.63) is 29.3 Å². The Morgan fingerprint density at radius 2 is 2.00 bits per heavy atom. The third-order valence-electron chi connectivity index (χ3n) is 4.22. The van der Waals surface area contributed by atoms with Crippen LogP contribution in [0.5, 0.6) is 0 Å². The number of nitrogens with two attached hydrogens (primary N) is 1. The van der Waals surface area contributed by atoms with Crippen LogP contribution >= 0.6 is 0 Å². The van der Waals surface area contributed by atoms with Gasteiger partial charge < -0.3 is 10.6 Å². The van der Waals surface area contributed by atoms with Crippen molar-refractivity contribution in [3.63, 3.8) is 0 Å². The molecule has 0 spiro atoms. The van der Waals surface area contributed by atoms with E-state index in [0.29, 0.717) is 6.54 Å². The molecule has 0 saturated carbocycles. The molecule has 1 aliphatic heterocycles. The molecule has 0 aliphatic carbocycles. The van der Waals surface area contributed by atoms with Gasteiger partial charge in [0.25, 0.3) is 0 Å². The van der Waals surface area contributed by atoms with E-state index in [2.05, 4.69) is 26.8 Å². The van der Waals surface area contributed by atoms with E-state index in [4.69, 9.17) is 5.73 Å². The van der Waals surface area contributed by atoms with Crippen LogP contribution in [0.3, 0.4) is 0 Å². The molecule has 1 aromatic rings. The minimum absolute atomic E-state index is 0.0659. The number of anilines is 1. The largest absolute Gasteiger partial charge is 0.320 e. The van der Waals surface area contributed by atoms with Gasteiger partial charge in [-0.25, -0.2) is 8.42 Å². The first-order valence-corrected chi connectivity index (χ1v) is 9.93. The topological polar surface area (TPSA) is 80.5 Å². The van der Waals surface area contributed by atoms with Crippen LogP contribution < -0.4 is 10.6 Å². The van der Waals surface area contributed by atoms with Gasteiger partial charge in [-0.3, -0.25) is 4.79 Å². The fourth-order valence-electron chi connectivity index (χ4n) is 2.76. The number of amides is 1. The Hall–Kier alpha value is -1.40. The minimum Gasteiger partial charge on any atom is -0.320 e. The second kappa shape index (κ2) is 6.24. The van der Waals surface area contributed by atoms with Crippen molar-refractivity contribution in [3.8, 4) is 0 Å². The first kappa shape index (κ1) is 17.9. The fraction of sp³-hybridized carbons (Fsp3) is 0.588. The molecule has 1 atom stereocenters. The van der Waals surface area contributed by atoms with Gasteiger partial charge in [-0.15, -0.1) is 0 Å². The molecule has 0 fully saturated rings. The van der Waals surface area contributed by atoms with Crippen molar-refractivity contribution >= 4 is 21.4 Å². The summed E-state index contributed by atoms with van der Waals surface area (Å²) in [7, 11) is -3.11. The molecule has 1 amide bonds. The van der Waals surface area contributed by atoms with E-state index in [1.807, 2.05) is 12.1 Å². The van der Waals surface area contributed by atoms with Gasteiger partial charge >= 0.3 is 0 Å². The van der Waals surface area contributed by atoms with E-state index in [0.717, 1.165) is 23.9 Å². The Morgan fingerprint density at radius 3 is 2.57 bits per heavy atom. The molecular weight excluding hydrogens is 312 g/mol. The lowest BCUT2D eigenvalue weighted by Gasteiger charge is -2.23. The summed E-state index contributed by atoms with van der Waals surface area (Å²) in [4.78, 5) is 14.2. The molecular formula is C17H26N2O3S. The van der Waals surface area contributed by atoms with Crippen molar-refractivity contribution in [1.82, 2.24) is 0 Å². The van der Waals surface area contributed by atoms with Crippen LogP contribution in [-0.4, -0.2) is 38.9 Å². The Kier molecular flexibility index (Phi) is 4.87. The summed E-state index contributed by atoms with van der Waals surface area (Å²) >= 11 is 0. The van der Waals surface area contributed by atoms with Gasteiger partial charge in [0.1, 0.15) is 9.84 Å². The Labute approximate surface area is 138 Å². The number of carbonyl (C=O) groups is 1. The zero-order valence-electron chi connectivity index (χ0n) is 14.3. The fourth-order valence-corrected chi connectivity index (χ4v) is 3.44. The number of hydrogen-bond acceptors (Lipinski definition) is 4. The van der Waals surface area contributed by atoms with E-state index in [9.17, 15) is 13.2 Å². The highest BCUT2D eigenvalue weighted by atomic mass is 32.2. The summed E-state index contributed by atoms with van der Waals surface area (Å²) in [5.74, 6) is -0.264. The van der Waals surface area contributed by atoms with Gasteiger partial charge in [-0.05, 0) is 35.4 Å². The summed E-state index contributed by atoms with van der Waals surface area (Å²) in [6.45, 7) is 7.09. The van der Waals surface area contributed by atoms with Crippen LogP contribution in [0.2, 0.25) is 0 Å². The van der Waals surface area contributed by atoms with Crippen LogP contribution in [-0.2, 0) is 26.5 Å². The Balaban J connectivity index is 2.15. The molecule has 2 rings (SSSR count). The van der Waals surface area contributed by atoms with Crippen LogP contribution in [0.25, 0.3) is 0 Å². The zero-order chi connectivity index (χ0) is 17.4. The molecule has 23 heavy (non-hydrogen) atoms. The molecule has 0 radical (unpaired) electrons. The smallest absolute Gasteiger partial charge is 0.243 e. The maximum Gasteiger partial charge on any atom is 0.243 e. The maximum atomic E-state index is 12.5. The summed E-state index contributed by atoms with van der Waals surface area (Å²) in [5.41, 5.74) is 9.27. The van der Waals surface area contributed by atoms with Crippen molar-refractivity contribution in [2.24, 2.45) is 5.73 Å². The van der Waals surface area contributed by atoms with Gasteiger partial charge in [-0.1, -0.05) is 32.9 Å². The van der Waals surface area contributed by atoms with Crippen LogP contribution in [0.1, 0.15) is 38.3 Å². The van der Waals surface area contributed by atoms with Gasteiger partial charge in [0.05, 0.1) is 11.8 Å². The summed E-state index contributed by atoms with van der Waals surface area (Å²) in [6.07, 6.45) is 2.12. The average molecular weight is 338 g/mol. The number of sulfone groups is 1. The number of fused-ring (bicyclic) bond motifs is 1. The van der Waals surface area contributed by atoms with E-state index < -0.39 is 15.9 Å². The lowest BCUT2D eigenvalue weighted by Crippen LogP contribution is -2.44. The Morgan fingerprint density at radius 1 is 1.35 bits per heavy atom. The zero-order valence-corrected chi connectivity index (χ0v) is 15.1. The van der Waals surface area contributed by atoms with E-state index in [1.165, 1.54) is 5.56 Å². The highest BCUT2D eigenvalue weighted by molar-refractivity contribution is 7.90. The average Bonchev–Trinajstić information content (AvgIpc) is 2.85. The standard InChI is InChI=1S/C17H26N2O3S/c1-17(2,3)13-5-6-15-12(11-13)7-9-19(15)16(20)14(18)8-10-23(4,21)22/h5-6,11,14H,7-10,18H2,1-4H3. The molecule has 1 aliphatic rings. The van der Waals surface area contributed by atoms with E-state index in [1.54, 1.807) is 4.90 Å². The third kappa shape index (κ3) is 4.32. The number of carbonyl (C=O) groups excluding carboxylic acids is 1. The van der Waals surface area contributed by atoms with Crippen LogP contribution in [0.15, 0.2) is 18.2 Å². The normalized spacial score (nSPS) is 16.3. The first-order valence-electron chi connectivity index (χ1n) is 7.87. The SMILES string of the molecule is CC(C)(C)c1ccc2c(c1)CCN2C(=O)C(N)CCS(C)(=O)=O. The molecule has 1 heterocycles. The second-order valence-corrected chi connectivity index (χ2v) is 9.62. The number of nitrogens with zero attached hydrogens (tertiary/aromatic N) is 1. The van der Waals surface area contributed by atoms with Crippen molar-refractivity contribution in [1.29, 1.82) is 0 Å². The number of hydrogen-bond donors (Lipinski definition) is 1. The van der Waals surface area contributed by atoms with Gasteiger partial charge in [0.15, 0.2) is 0 Å². The monoisotopic (exact) mass is 338 g/mol. The third-order valence-corrected chi connectivity index (χ3v) is 5.20. The van der Waals surface area contributed by atoms with Gasteiger partial charge in [0.2, 0.25) is 5.91 Å². The predicted octanol–water partition coefficient (Wildman–Crippen LogP) is 1.64. The minimum atomic E-state index is -3.11. The van der Waals surface area contributed by atoms with E-state index >= 15 is 0 Å². The van der Waals surface area contributed by atoms with Crippen molar-refractivity contribution in [2.45, 2.75) is 45.1 Å². The lowest BCUT2D eigenvalue weighted by atomic mass is 9.86. The molecule has 0 saturated heterocycles. The Bertz CT molecular complexity index is 705.